The molecule has 6 nitrogen and oxygen atoms in total. The summed E-state index contributed by atoms with van der Waals surface area (Å²) >= 11 is 0. The Morgan fingerprint density at radius 1 is 1.04 bits per heavy atom. The van der Waals surface area contributed by atoms with Gasteiger partial charge in [0.1, 0.15) is 11.5 Å². The molecule has 2 atom stereocenters. The molecule has 1 aromatic rings. The SMILES string of the molecule is COc1ccc(OC)c(NC(=O)[C@@H]2C3CCC(CC3)[C@@H]2C(=O)O)c1. The predicted molar refractivity (Wildman–Crippen MR) is 88.2 cm³/mol. The summed E-state index contributed by atoms with van der Waals surface area (Å²) in [6, 6.07) is 5.15. The summed E-state index contributed by atoms with van der Waals surface area (Å²) in [6.07, 6.45) is 3.69. The number of ether oxygens (including phenoxy) is 2. The van der Waals surface area contributed by atoms with Crippen LogP contribution in [0.15, 0.2) is 18.2 Å². The minimum Gasteiger partial charge on any atom is -0.497 e. The van der Waals surface area contributed by atoms with Crippen LogP contribution in [0.4, 0.5) is 5.69 Å². The summed E-state index contributed by atoms with van der Waals surface area (Å²) < 4.78 is 10.5. The van der Waals surface area contributed by atoms with E-state index < -0.39 is 17.8 Å². The molecule has 0 radical (unpaired) electrons. The summed E-state index contributed by atoms with van der Waals surface area (Å²) in [5, 5.41) is 12.5. The number of amides is 1. The average Bonchev–Trinajstić information content (AvgIpc) is 2.61. The number of benzene rings is 1. The van der Waals surface area contributed by atoms with Gasteiger partial charge in [-0.3, -0.25) is 9.59 Å². The van der Waals surface area contributed by atoms with E-state index in [4.69, 9.17) is 9.47 Å². The Bertz CT molecular complexity index is 636. The van der Waals surface area contributed by atoms with E-state index in [1.54, 1.807) is 25.3 Å². The minimum atomic E-state index is -0.859. The van der Waals surface area contributed by atoms with Crippen molar-refractivity contribution in [3.8, 4) is 11.5 Å². The van der Waals surface area contributed by atoms with E-state index in [0.717, 1.165) is 25.7 Å². The lowest BCUT2D eigenvalue weighted by Crippen LogP contribution is -2.49. The lowest BCUT2D eigenvalue weighted by Gasteiger charge is -2.45. The molecule has 0 saturated heterocycles. The van der Waals surface area contributed by atoms with E-state index in [1.165, 1.54) is 7.11 Å². The zero-order valence-electron chi connectivity index (χ0n) is 14.0. The molecular weight excluding hydrogens is 310 g/mol. The number of carbonyl (C=O) groups is 2. The van der Waals surface area contributed by atoms with Crippen molar-refractivity contribution in [2.45, 2.75) is 25.7 Å². The van der Waals surface area contributed by atoms with Gasteiger partial charge in [0.2, 0.25) is 5.91 Å². The van der Waals surface area contributed by atoms with E-state index in [2.05, 4.69) is 5.32 Å². The fourth-order valence-electron chi connectivity index (χ4n) is 4.31. The van der Waals surface area contributed by atoms with Gasteiger partial charge in [-0.2, -0.15) is 0 Å². The van der Waals surface area contributed by atoms with Crippen molar-refractivity contribution >= 4 is 17.6 Å². The first-order valence-electron chi connectivity index (χ1n) is 8.30. The first-order valence-corrected chi connectivity index (χ1v) is 8.30. The number of hydrogen-bond donors (Lipinski definition) is 2. The molecule has 0 aliphatic heterocycles. The van der Waals surface area contributed by atoms with Crippen LogP contribution in [0.2, 0.25) is 0 Å². The Morgan fingerprint density at radius 2 is 1.67 bits per heavy atom. The van der Waals surface area contributed by atoms with Crippen molar-refractivity contribution in [2.75, 3.05) is 19.5 Å². The molecule has 1 amide bonds. The number of carbonyl (C=O) groups excluding carboxylic acids is 1. The molecule has 3 saturated carbocycles. The molecular formula is C18H23NO5. The van der Waals surface area contributed by atoms with Crippen molar-refractivity contribution in [3.05, 3.63) is 18.2 Å². The Morgan fingerprint density at radius 3 is 2.21 bits per heavy atom. The highest BCUT2D eigenvalue weighted by atomic mass is 16.5. The van der Waals surface area contributed by atoms with E-state index in [9.17, 15) is 14.7 Å². The lowest BCUT2D eigenvalue weighted by atomic mass is 9.58. The van der Waals surface area contributed by atoms with Crippen molar-refractivity contribution in [1.82, 2.24) is 0 Å². The maximum atomic E-state index is 12.9. The third-order valence-corrected chi connectivity index (χ3v) is 5.47. The summed E-state index contributed by atoms with van der Waals surface area (Å²) in [4.78, 5) is 24.6. The van der Waals surface area contributed by atoms with E-state index >= 15 is 0 Å². The smallest absolute Gasteiger partial charge is 0.307 e. The molecule has 0 unspecified atom stereocenters. The highest BCUT2D eigenvalue weighted by Gasteiger charge is 2.50. The molecule has 0 spiro atoms. The normalized spacial score (nSPS) is 28.2. The zero-order valence-corrected chi connectivity index (χ0v) is 14.0. The molecule has 2 N–H and O–H groups in total. The maximum absolute atomic E-state index is 12.9. The third-order valence-electron chi connectivity index (χ3n) is 5.47. The summed E-state index contributed by atoms with van der Waals surface area (Å²) in [5.41, 5.74) is 0.507. The van der Waals surface area contributed by atoms with Gasteiger partial charge in [-0.25, -0.2) is 0 Å². The van der Waals surface area contributed by atoms with Crippen LogP contribution >= 0.6 is 0 Å². The zero-order chi connectivity index (χ0) is 17.3. The molecule has 4 rings (SSSR count). The molecule has 130 valence electrons. The molecule has 3 aliphatic carbocycles. The number of carboxylic acid groups (broad SMARTS) is 1. The first kappa shape index (κ1) is 16.6. The molecule has 3 aliphatic rings. The largest absolute Gasteiger partial charge is 0.497 e. The van der Waals surface area contributed by atoms with Crippen LogP contribution in [0.1, 0.15) is 25.7 Å². The van der Waals surface area contributed by atoms with Crippen molar-refractivity contribution in [3.63, 3.8) is 0 Å². The molecule has 2 bridgehead atoms. The Kier molecular flexibility index (Phi) is 4.64. The van der Waals surface area contributed by atoms with Gasteiger partial charge in [-0.05, 0) is 49.7 Å². The highest BCUT2D eigenvalue weighted by Crippen LogP contribution is 2.49. The Balaban J connectivity index is 1.85. The molecule has 3 fully saturated rings. The van der Waals surface area contributed by atoms with Gasteiger partial charge in [0.25, 0.3) is 0 Å². The van der Waals surface area contributed by atoms with Gasteiger partial charge in [-0.1, -0.05) is 0 Å². The van der Waals surface area contributed by atoms with E-state index in [1.807, 2.05) is 0 Å². The Labute approximate surface area is 141 Å². The summed E-state index contributed by atoms with van der Waals surface area (Å²) in [5.74, 6) is -0.781. The fourth-order valence-corrected chi connectivity index (χ4v) is 4.31. The van der Waals surface area contributed by atoms with Gasteiger partial charge < -0.3 is 19.9 Å². The highest BCUT2D eigenvalue weighted by molar-refractivity contribution is 5.97. The number of methoxy groups -OCH3 is 2. The molecule has 6 heteroatoms. The van der Waals surface area contributed by atoms with Crippen LogP contribution in [0.25, 0.3) is 0 Å². The lowest BCUT2D eigenvalue weighted by molar-refractivity contribution is -0.156. The standard InChI is InChI=1S/C18H23NO5/c1-23-12-7-8-14(24-2)13(9-12)19-17(20)15-10-3-5-11(6-4-10)16(15)18(21)22/h7-11,15-16H,3-6H2,1-2H3,(H,19,20)(H,21,22)/t10?,11?,15-,16+/m1/s1. The number of hydrogen-bond acceptors (Lipinski definition) is 4. The summed E-state index contributed by atoms with van der Waals surface area (Å²) in [7, 11) is 3.08. The van der Waals surface area contributed by atoms with Gasteiger partial charge in [-0.15, -0.1) is 0 Å². The van der Waals surface area contributed by atoms with Gasteiger partial charge >= 0.3 is 5.97 Å². The van der Waals surface area contributed by atoms with Crippen LogP contribution < -0.4 is 14.8 Å². The third kappa shape index (κ3) is 2.92. The number of nitrogens with one attached hydrogen (secondary N) is 1. The fraction of sp³-hybridized carbons (Fsp3) is 0.556. The van der Waals surface area contributed by atoms with E-state index in [0.29, 0.717) is 17.2 Å². The number of carboxylic acids is 1. The number of rotatable bonds is 5. The second-order valence-electron chi connectivity index (χ2n) is 6.62. The Hall–Kier alpha value is -2.24. The number of fused-ring (bicyclic) bond motifs is 3. The maximum Gasteiger partial charge on any atom is 0.307 e. The second-order valence-corrected chi connectivity index (χ2v) is 6.62. The van der Waals surface area contributed by atoms with Crippen LogP contribution in [0.3, 0.4) is 0 Å². The minimum absolute atomic E-state index is 0.107. The molecule has 1 aromatic carbocycles. The number of anilines is 1. The van der Waals surface area contributed by atoms with Gasteiger partial charge in [0.15, 0.2) is 0 Å². The van der Waals surface area contributed by atoms with Crippen molar-refractivity contribution < 1.29 is 24.2 Å². The first-order chi connectivity index (χ1) is 11.5. The number of aliphatic carboxylic acids is 1. The van der Waals surface area contributed by atoms with Crippen LogP contribution in [0.5, 0.6) is 11.5 Å². The van der Waals surface area contributed by atoms with Crippen LogP contribution in [-0.2, 0) is 9.59 Å². The summed E-state index contributed by atoms with van der Waals surface area (Å²) in [6.45, 7) is 0. The molecule has 0 aromatic heterocycles. The van der Waals surface area contributed by atoms with Crippen LogP contribution in [0, 0.1) is 23.7 Å². The monoisotopic (exact) mass is 333 g/mol. The quantitative estimate of drug-likeness (QED) is 0.865. The van der Waals surface area contributed by atoms with Crippen LogP contribution in [-0.4, -0.2) is 31.2 Å². The van der Waals surface area contributed by atoms with E-state index in [-0.39, 0.29) is 17.7 Å². The average molecular weight is 333 g/mol. The van der Waals surface area contributed by atoms with Crippen molar-refractivity contribution in [2.24, 2.45) is 23.7 Å². The molecule has 24 heavy (non-hydrogen) atoms. The van der Waals surface area contributed by atoms with Gasteiger partial charge in [0.05, 0.1) is 31.7 Å². The topological polar surface area (TPSA) is 84.9 Å². The van der Waals surface area contributed by atoms with Gasteiger partial charge in [0, 0.05) is 6.07 Å². The van der Waals surface area contributed by atoms with Crippen molar-refractivity contribution in [1.29, 1.82) is 0 Å². The second kappa shape index (κ2) is 6.71. The predicted octanol–water partition coefficient (Wildman–Crippen LogP) is 2.78. The molecule has 0 heterocycles.